The normalized spacial score (nSPS) is 20.7. The highest BCUT2D eigenvalue weighted by molar-refractivity contribution is 14.1. The summed E-state index contributed by atoms with van der Waals surface area (Å²) in [7, 11) is 3.97. The largest absolute Gasteiger partial charge is 0.347 e. The molecular formula is C13H21IN4. The zero-order valence-electron chi connectivity index (χ0n) is 11.5. The summed E-state index contributed by atoms with van der Waals surface area (Å²) in [6.07, 6.45) is 4.41. The third-order valence-corrected chi connectivity index (χ3v) is 4.26. The first-order valence-electron chi connectivity index (χ1n) is 6.46. The van der Waals surface area contributed by atoms with Crippen LogP contribution in [0.1, 0.15) is 38.4 Å². The monoisotopic (exact) mass is 360 g/mol. The Labute approximate surface area is 123 Å². The zero-order chi connectivity index (χ0) is 13.3. The van der Waals surface area contributed by atoms with Crippen LogP contribution >= 0.6 is 22.6 Å². The lowest BCUT2D eigenvalue weighted by molar-refractivity contribution is 0.201. The van der Waals surface area contributed by atoms with Crippen LogP contribution in [0, 0.1) is 3.57 Å². The van der Waals surface area contributed by atoms with Gasteiger partial charge in [-0.3, -0.25) is 4.90 Å². The molecule has 0 aromatic carbocycles. The molecule has 2 rings (SSSR count). The predicted octanol–water partition coefficient (Wildman–Crippen LogP) is 2.69. The fraction of sp³-hybridized carbons (Fsp3) is 0.692. The maximum absolute atomic E-state index is 4.75. The van der Waals surface area contributed by atoms with Gasteiger partial charge in [0.2, 0.25) is 5.95 Å². The van der Waals surface area contributed by atoms with E-state index in [1.807, 2.05) is 25.2 Å². The number of anilines is 1. The molecule has 1 unspecified atom stereocenters. The Morgan fingerprint density at radius 2 is 2.17 bits per heavy atom. The topological polar surface area (TPSA) is 32.3 Å². The number of hydrogen-bond acceptors (Lipinski definition) is 4. The van der Waals surface area contributed by atoms with Crippen LogP contribution in [0.5, 0.6) is 0 Å². The molecule has 0 aliphatic carbocycles. The van der Waals surface area contributed by atoms with Crippen LogP contribution in [0.25, 0.3) is 0 Å². The first-order valence-corrected chi connectivity index (χ1v) is 7.54. The summed E-state index contributed by atoms with van der Waals surface area (Å²) in [4.78, 5) is 13.6. The molecule has 18 heavy (non-hydrogen) atoms. The van der Waals surface area contributed by atoms with Gasteiger partial charge in [0.1, 0.15) is 0 Å². The lowest BCUT2D eigenvalue weighted by Crippen LogP contribution is -2.31. The van der Waals surface area contributed by atoms with Crippen molar-refractivity contribution in [2.45, 2.75) is 38.8 Å². The van der Waals surface area contributed by atoms with Gasteiger partial charge in [-0.1, -0.05) is 0 Å². The van der Waals surface area contributed by atoms with E-state index in [-0.39, 0.29) is 0 Å². The summed E-state index contributed by atoms with van der Waals surface area (Å²) >= 11 is 2.35. The molecule has 1 atom stereocenters. The average molecular weight is 360 g/mol. The van der Waals surface area contributed by atoms with Crippen LogP contribution in [0.2, 0.25) is 0 Å². The summed E-state index contributed by atoms with van der Waals surface area (Å²) in [5.41, 5.74) is 1.19. The molecular weight excluding hydrogens is 339 g/mol. The first kappa shape index (κ1) is 14.0. The van der Waals surface area contributed by atoms with Crippen molar-refractivity contribution in [3.63, 3.8) is 0 Å². The molecule has 2 heterocycles. The van der Waals surface area contributed by atoms with Crippen LogP contribution in [-0.4, -0.2) is 41.5 Å². The van der Waals surface area contributed by atoms with Crippen molar-refractivity contribution in [2.24, 2.45) is 0 Å². The highest BCUT2D eigenvalue weighted by atomic mass is 127. The molecule has 1 aromatic rings. The van der Waals surface area contributed by atoms with E-state index in [9.17, 15) is 0 Å². The Morgan fingerprint density at radius 1 is 1.44 bits per heavy atom. The maximum Gasteiger partial charge on any atom is 0.225 e. The number of aromatic nitrogens is 2. The molecule has 5 heteroatoms. The fourth-order valence-corrected chi connectivity index (χ4v) is 3.14. The van der Waals surface area contributed by atoms with Gasteiger partial charge >= 0.3 is 0 Å². The van der Waals surface area contributed by atoms with E-state index in [1.165, 1.54) is 28.7 Å². The van der Waals surface area contributed by atoms with E-state index >= 15 is 0 Å². The molecule has 1 saturated heterocycles. The van der Waals surface area contributed by atoms with Crippen molar-refractivity contribution in [3.8, 4) is 0 Å². The minimum Gasteiger partial charge on any atom is -0.347 e. The number of rotatable bonds is 3. The molecule has 0 amide bonds. The molecule has 0 bridgehead atoms. The van der Waals surface area contributed by atoms with E-state index in [1.54, 1.807) is 0 Å². The number of nitrogens with zero attached hydrogens (tertiary/aromatic N) is 4. The highest BCUT2D eigenvalue weighted by Crippen LogP contribution is 2.34. The van der Waals surface area contributed by atoms with Gasteiger partial charge in [-0.25, -0.2) is 9.97 Å². The quantitative estimate of drug-likeness (QED) is 0.776. The molecule has 1 aliphatic rings. The fourth-order valence-electron chi connectivity index (χ4n) is 2.52. The molecule has 0 N–H and O–H groups in total. The van der Waals surface area contributed by atoms with Crippen molar-refractivity contribution >= 4 is 28.5 Å². The molecule has 1 aromatic heterocycles. The van der Waals surface area contributed by atoms with E-state index in [4.69, 9.17) is 4.98 Å². The minimum atomic E-state index is 0.457. The second-order valence-corrected chi connectivity index (χ2v) is 6.45. The van der Waals surface area contributed by atoms with Gasteiger partial charge in [0.25, 0.3) is 0 Å². The van der Waals surface area contributed by atoms with Crippen molar-refractivity contribution in [2.75, 3.05) is 25.5 Å². The highest BCUT2D eigenvalue weighted by Gasteiger charge is 2.30. The number of hydrogen-bond donors (Lipinski definition) is 0. The Bertz CT molecular complexity index is 419. The van der Waals surface area contributed by atoms with Gasteiger partial charge in [-0.05, 0) is 55.8 Å². The second-order valence-electron chi connectivity index (χ2n) is 5.29. The molecule has 1 fully saturated rings. The van der Waals surface area contributed by atoms with Gasteiger partial charge < -0.3 is 4.90 Å². The Hall–Kier alpha value is -0.430. The lowest BCUT2D eigenvalue weighted by atomic mass is 10.1. The predicted molar refractivity (Wildman–Crippen MR) is 82.9 cm³/mol. The van der Waals surface area contributed by atoms with Gasteiger partial charge in [-0.2, -0.15) is 0 Å². The molecule has 1 aliphatic heterocycles. The van der Waals surface area contributed by atoms with E-state index in [2.05, 4.69) is 46.3 Å². The van der Waals surface area contributed by atoms with Crippen LogP contribution in [0.3, 0.4) is 0 Å². The third-order valence-electron chi connectivity index (χ3n) is 3.43. The molecule has 0 spiro atoms. The summed E-state index contributed by atoms with van der Waals surface area (Å²) in [6, 6.07) is 1.03. The van der Waals surface area contributed by atoms with Gasteiger partial charge in [0, 0.05) is 26.3 Å². The van der Waals surface area contributed by atoms with Crippen molar-refractivity contribution in [1.82, 2.24) is 14.9 Å². The van der Waals surface area contributed by atoms with E-state index in [0.29, 0.717) is 12.1 Å². The molecule has 100 valence electrons. The average Bonchev–Trinajstić information content (AvgIpc) is 2.78. The van der Waals surface area contributed by atoms with Crippen LogP contribution in [0.4, 0.5) is 5.95 Å². The van der Waals surface area contributed by atoms with Crippen LogP contribution in [-0.2, 0) is 0 Å². The lowest BCUT2D eigenvalue weighted by Gasteiger charge is -2.28. The minimum absolute atomic E-state index is 0.457. The summed E-state index contributed by atoms with van der Waals surface area (Å²) < 4.78 is 1.18. The zero-order valence-corrected chi connectivity index (χ0v) is 13.7. The Balaban J connectivity index is 2.34. The van der Waals surface area contributed by atoms with Crippen LogP contribution in [0.15, 0.2) is 6.20 Å². The summed E-state index contributed by atoms with van der Waals surface area (Å²) in [6.45, 7) is 5.71. The van der Waals surface area contributed by atoms with Gasteiger partial charge in [0.15, 0.2) is 0 Å². The van der Waals surface area contributed by atoms with Crippen molar-refractivity contribution < 1.29 is 0 Å². The third kappa shape index (κ3) is 2.77. The van der Waals surface area contributed by atoms with Crippen molar-refractivity contribution in [1.29, 1.82) is 0 Å². The number of halogens is 1. The van der Waals surface area contributed by atoms with Gasteiger partial charge in [-0.15, -0.1) is 0 Å². The van der Waals surface area contributed by atoms with Crippen molar-refractivity contribution in [3.05, 3.63) is 15.5 Å². The summed E-state index contributed by atoms with van der Waals surface area (Å²) in [5.74, 6) is 0.807. The molecule has 0 radical (unpaired) electrons. The van der Waals surface area contributed by atoms with E-state index < -0.39 is 0 Å². The number of likely N-dealkylation sites (tertiary alicyclic amines) is 1. The molecule has 0 saturated carbocycles. The SMILES string of the molecule is CC(C)N1CCCC1c1nc(N(C)C)ncc1I. The standard InChI is InChI=1S/C13H21IN4/c1-9(2)18-7-5-6-11(18)12-10(14)8-15-13(16-12)17(3)4/h8-9,11H,5-7H2,1-4H3. The van der Waals surface area contributed by atoms with Crippen LogP contribution < -0.4 is 4.90 Å². The second kappa shape index (κ2) is 5.69. The summed E-state index contributed by atoms with van der Waals surface area (Å²) in [5, 5.41) is 0. The Kier molecular flexibility index (Phi) is 4.42. The van der Waals surface area contributed by atoms with E-state index in [0.717, 1.165) is 5.95 Å². The molecule has 4 nitrogen and oxygen atoms in total. The maximum atomic E-state index is 4.75. The smallest absolute Gasteiger partial charge is 0.225 e. The van der Waals surface area contributed by atoms with Gasteiger partial charge in [0.05, 0.1) is 15.3 Å². The first-order chi connectivity index (χ1) is 8.50. The Morgan fingerprint density at radius 3 is 2.78 bits per heavy atom.